The van der Waals surface area contributed by atoms with Crippen molar-refractivity contribution in [2.75, 3.05) is 12.4 Å². The molecule has 0 fully saturated rings. The molecule has 0 bridgehead atoms. The quantitative estimate of drug-likeness (QED) is 0.387. The molecule has 2 rings (SSSR count). The molecule has 52 valence electrons. The Morgan fingerprint density at radius 1 is 1.36 bits per heavy atom. The van der Waals surface area contributed by atoms with Gasteiger partial charge in [-0.15, -0.1) is 0 Å². The molecule has 0 saturated heterocycles. The molecule has 5 nitrogen and oxygen atoms in total. The van der Waals surface area contributed by atoms with Crippen LogP contribution in [0.15, 0.2) is 16.3 Å². The Labute approximate surface area is 86.3 Å². The van der Waals surface area contributed by atoms with Crippen molar-refractivity contribution in [1.29, 1.82) is 0 Å². The van der Waals surface area contributed by atoms with E-state index in [2.05, 4.69) is 20.0 Å². The van der Waals surface area contributed by atoms with Gasteiger partial charge in [0.2, 0.25) is 0 Å². The van der Waals surface area contributed by atoms with Crippen LogP contribution in [0.1, 0.15) is 1.43 Å². The fourth-order valence-electron chi connectivity index (χ4n) is 0.823. The molecule has 1 aromatic heterocycles. The first-order valence-corrected chi connectivity index (χ1v) is 2.83. The first-order chi connectivity index (χ1) is 4.88. The summed E-state index contributed by atoms with van der Waals surface area (Å²) in [6.45, 7) is 0.429. The molecule has 0 aliphatic carbocycles. The van der Waals surface area contributed by atoms with E-state index >= 15 is 0 Å². The van der Waals surface area contributed by atoms with Gasteiger partial charge in [-0.05, 0) is 0 Å². The van der Waals surface area contributed by atoms with E-state index in [4.69, 9.17) is 5.73 Å². The van der Waals surface area contributed by atoms with Crippen molar-refractivity contribution in [1.82, 2.24) is 9.97 Å². The Kier molecular flexibility index (Phi) is 2.53. The molecular weight excluding hydrogens is 153 g/mol. The monoisotopic (exact) mass is 159 g/mol. The van der Waals surface area contributed by atoms with Crippen molar-refractivity contribution in [3.8, 4) is 0 Å². The van der Waals surface area contributed by atoms with Crippen LogP contribution in [-0.4, -0.2) is 16.6 Å². The van der Waals surface area contributed by atoms with Gasteiger partial charge in [0, 0.05) is 0 Å². The average molecular weight is 159 g/mol. The van der Waals surface area contributed by atoms with Crippen LogP contribution in [0.3, 0.4) is 0 Å². The summed E-state index contributed by atoms with van der Waals surface area (Å²) in [5.41, 5.74) is 6.07. The second-order valence-electron chi connectivity index (χ2n) is 1.89. The minimum absolute atomic E-state index is 0. The molecule has 0 radical (unpaired) electrons. The minimum Gasteiger partial charge on any atom is -1.00 e. The summed E-state index contributed by atoms with van der Waals surface area (Å²) >= 11 is 0. The average Bonchev–Trinajstić information content (AvgIpc) is 2.36. The van der Waals surface area contributed by atoms with E-state index < -0.39 is 0 Å². The van der Waals surface area contributed by atoms with E-state index in [9.17, 15) is 0 Å². The van der Waals surface area contributed by atoms with Gasteiger partial charge >= 0.3 is 29.6 Å². The zero-order valence-electron chi connectivity index (χ0n) is 7.15. The zero-order valence-corrected chi connectivity index (χ0v) is 8.15. The summed E-state index contributed by atoms with van der Waals surface area (Å²) in [7, 11) is 0. The van der Waals surface area contributed by atoms with E-state index in [-0.39, 0.29) is 31.0 Å². The van der Waals surface area contributed by atoms with E-state index in [1.165, 1.54) is 6.33 Å². The number of nitrogens with zero attached hydrogens (tertiary/aromatic N) is 4. The van der Waals surface area contributed by atoms with Gasteiger partial charge in [0.1, 0.15) is 18.4 Å². The first-order valence-electron chi connectivity index (χ1n) is 2.83. The van der Waals surface area contributed by atoms with Crippen molar-refractivity contribution in [2.24, 2.45) is 9.98 Å². The third-order valence-corrected chi connectivity index (χ3v) is 1.28. The number of aromatic nitrogens is 2. The number of anilines is 1. The summed E-state index contributed by atoms with van der Waals surface area (Å²) in [4.78, 5) is 15.6. The Balaban J connectivity index is 0.000000605. The third-order valence-electron chi connectivity index (χ3n) is 1.28. The molecule has 0 saturated carbocycles. The van der Waals surface area contributed by atoms with Gasteiger partial charge in [0.15, 0.2) is 11.3 Å². The van der Waals surface area contributed by atoms with Crippen LogP contribution < -0.4 is 46.1 Å². The standard InChI is InChI=1S/C5H5N5.Na.H/c6-4-3-5(9-1-7-3)10-2-8-4;;/h2H,1H2,(H2,6,8,9,10);;/q;+1;-1. The Morgan fingerprint density at radius 2 is 2.18 bits per heavy atom. The summed E-state index contributed by atoms with van der Waals surface area (Å²) in [5.74, 6) is 0.409. The molecule has 1 aliphatic rings. The molecule has 0 spiro atoms. The van der Waals surface area contributed by atoms with Crippen LogP contribution in [0.4, 0.5) is 5.82 Å². The van der Waals surface area contributed by atoms with Crippen molar-refractivity contribution >= 4 is 5.82 Å². The van der Waals surface area contributed by atoms with Gasteiger partial charge in [0.05, 0.1) is 0 Å². The zero-order chi connectivity index (χ0) is 6.97. The predicted octanol–water partition coefficient (Wildman–Crippen LogP) is -4.61. The second kappa shape index (κ2) is 3.25. The molecule has 0 aromatic carbocycles. The summed E-state index contributed by atoms with van der Waals surface area (Å²) in [5, 5.41) is 0.627. The topological polar surface area (TPSA) is 76.5 Å². The molecule has 1 aliphatic heterocycles. The Morgan fingerprint density at radius 3 is 2.91 bits per heavy atom. The van der Waals surface area contributed by atoms with E-state index in [0.29, 0.717) is 23.3 Å². The molecular formula is C5H6N5Na. The summed E-state index contributed by atoms with van der Waals surface area (Å²) < 4.78 is 0. The number of fused-ring (bicyclic) bond motifs is 1. The smallest absolute Gasteiger partial charge is 1.00 e. The van der Waals surface area contributed by atoms with Crippen molar-refractivity contribution < 1.29 is 31.0 Å². The largest absolute Gasteiger partial charge is 1.00 e. The number of nitrogens with two attached hydrogens (primary N) is 1. The first kappa shape index (κ1) is 8.58. The third kappa shape index (κ3) is 1.40. The number of nitrogen functional groups attached to an aromatic ring is 1. The van der Waals surface area contributed by atoms with E-state index in [1.807, 2.05) is 0 Å². The molecule has 0 amide bonds. The SMILES string of the molecule is Nc1ncnc2c1=NCN=2.[H-].[Na+]. The molecule has 1 aromatic rings. The normalized spacial score (nSPS) is 12.4. The fraction of sp³-hybridized carbons (Fsp3) is 0.200. The van der Waals surface area contributed by atoms with Crippen LogP contribution in [-0.2, 0) is 0 Å². The number of rotatable bonds is 0. The molecule has 0 atom stereocenters. The van der Waals surface area contributed by atoms with Gasteiger partial charge in [-0.2, -0.15) is 0 Å². The summed E-state index contributed by atoms with van der Waals surface area (Å²) in [6, 6.07) is 0. The van der Waals surface area contributed by atoms with Gasteiger partial charge in [-0.3, -0.25) is 4.99 Å². The van der Waals surface area contributed by atoms with Crippen LogP contribution in [0.5, 0.6) is 0 Å². The van der Waals surface area contributed by atoms with Gasteiger partial charge in [-0.1, -0.05) is 0 Å². The van der Waals surface area contributed by atoms with Crippen LogP contribution in [0.25, 0.3) is 0 Å². The predicted molar refractivity (Wildman–Crippen MR) is 34.7 cm³/mol. The second-order valence-corrected chi connectivity index (χ2v) is 1.89. The van der Waals surface area contributed by atoms with Crippen LogP contribution >= 0.6 is 0 Å². The molecule has 0 unspecified atom stereocenters. The Bertz CT molecular complexity index is 378. The van der Waals surface area contributed by atoms with Crippen molar-refractivity contribution in [2.45, 2.75) is 0 Å². The van der Waals surface area contributed by atoms with Crippen molar-refractivity contribution in [3.63, 3.8) is 0 Å². The van der Waals surface area contributed by atoms with Crippen LogP contribution in [0, 0.1) is 0 Å². The molecule has 2 heterocycles. The van der Waals surface area contributed by atoms with Gasteiger partial charge in [-0.25, -0.2) is 15.0 Å². The van der Waals surface area contributed by atoms with Gasteiger partial charge in [0.25, 0.3) is 0 Å². The molecule has 2 N–H and O–H groups in total. The van der Waals surface area contributed by atoms with Gasteiger partial charge < -0.3 is 7.16 Å². The maximum Gasteiger partial charge on any atom is 1.00 e. The summed E-state index contributed by atoms with van der Waals surface area (Å²) in [6.07, 6.45) is 1.39. The molecule has 11 heavy (non-hydrogen) atoms. The molecule has 6 heteroatoms. The fourth-order valence-corrected chi connectivity index (χ4v) is 0.823. The maximum absolute atomic E-state index is 5.47. The minimum atomic E-state index is 0. The Hall–Kier alpha value is -0.520. The van der Waals surface area contributed by atoms with Crippen LogP contribution in [0.2, 0.25) is 0 Å². The van der Waals surface area contributed by atoms with E-state index in [1.54, 1.807) is 0 Å². The maximum atomic E-state index is 5.47. The van der Waals surface area contributed by atoms with Crippen molar-refractivity contribution in [3.05, 3.63) is 17.2 Å². The number of hydrogen-bond acceptors (Lipinski definition) is 5. The van der Waals surface area contributed by atoms with E-state index in [0.717, 1.165) is 0 Å². The number of hydrogen-bond donors (Lipinski definition) is 1.